The highest BCUT2D eigenvalue weighted by molar-refractivity contribution is 7.79. The van der Waals surface area contributed by atoms with E-state index in [9.17, 15) is 0 Å². The highest BCUT2D eigenvalue weighted by atomic mass is 31.1. The van der Waals surface area contributed by atoms with Gasteiger partial charge in [0.1, 0.15) is 0 Å². The lowest BCUT2D eigenvalue weighted by atomic mass is 10.1. The smallest absolute Gasteiger partial charge is 0.00258 e. The minimum Gasteiger partial charge on any atom is -0.0622 e. The van der Waals surface area contributed by atoms with E-state index in [1.54, 1.807) is 0 Å². The summed E-state index contributed by atoms with van der Waals surface area (Å²) in [5.41, 5.74) is 2.74. The van der Waals surface area contributed by atoms with Crippen LogP contribution < -0.4 is 15.9 Å². The molecule has 0 spiro atoms. The molecule has 156 valence electrons. The predicted octanol–water partition coefficient (Wildman–Crippen LogP) is 6.72. The molecule has 0 saturated carbocycles. The molecule has 1 heteroatoms. The molecule has 0 N–H and O–H groups in total. The van der Waals surface area contributed by atoms with Crippen LogP contribution in [0.4, 0.5) is 0 Å². The largest absolute Gasteiger partial charge is 0.0622 e. The minimum absolute atomic E-state index is 0.446. The molecule has 0 atom stereocenters. The van der Waals surface area contributed by atoms with Crippen molar-refractivity contribution in [2.75, 3.05) is 0 Å². The zero-order valence-corrected chi connectivity index (χ0v) is 19.0. The Balaban J connectivity index is 0.000000165. The van der Waals surface area contributed by atoms with Crippen molar-refractivity contribution in [1.82, 2.24) is 0 Å². The van der Waals surface area contributed by atoms with Gasteiger partial charge in [-0.05, 0) is 41.4 Å². The second kappa shape index (κ2) is 11.8. The summed E-state index contributed by atoms with van der Waals surface area (Å²) in [4.78, 5) is 0. The van der Waals surface area contributed by atoms with Crippen LogP contribution in [-0.4, -0.2) is 0 Å². The first-order chi connectivity index (χ1) is 15.9. The standard InChI is InChI=1S/C18H15P.C13H12/c1-4-10-16(11-5-1)19(17-12-6-2-7-13-17)18-14-8-3-9-15-18;1-3-7-12(8-4-1)11-13-9-5-2-6-10-13/h1-15H;1-10H,11H2. The molecule has 0 unspecified atom stereocenters. The van der Waals surface area contributed by atoms with Crippen LogP contribution in [0, 0.1) is 0 Å². The summed E-state index contributed by atoms with van der Waals surface area (Å²) < 4.78 is 0. The third kappa shape index (κ3) is 6.27. The van der Waals surface area contributed by atoms with Crippen molar-refractivity contribution in [2.24, 2.45) is 0 Å². The number of hydrogen-bond donors (Lipinski definition) is 0. The van der Waals surface area contributed by atoms with Gasteiger partial charge >= 0.3 is 0 Å². The lowest BCUT2D eigenvalue weighted by Gasteiger charge is -2.18. The van der Waals surface area contributed by atoms with Crippen molar-refractivity contribution in [3.63, 3.8) is 0 Å². The lowest BCUT2D eigenvalue weighted by molar-refractivity contribution is 1.19. The monoisotopic (exact) mass is 430 g/mol. The molecular formula is C31H27P. The van der Waals surface area contributed by atoms with Crippen LogP contribution in [0.3, 0.4) is 0 Å². The predicted molar refractivity (Wildman–Crippen MR) is 141 cm³/mol. The first kappa shape index (κ1) is 21.8. The van der Waals surface area contributed by atoms with E-state index < -0.39 is 7.92 Å². The third-order valence-corrected chi connectivity index (χ3v) is 7.58. The summed E-state index contributed by atoms with van der Waals surface area (Å²) in [7, 11) is -0.446. The quantitative estimate of drug-likeness (QED) is 0.272. The summed E-state index contributed by atoms with van der Waals surface area (Å²) in [6.45, 7) is 0. The van der Waals surface area contributed by atoms with Gasteiger partial charge in [0.2, 0.25) is 0 Å². The summed E-state index contributed by atoms with van der Waals surface area (Å²) in [5.74, 6) is 0. The molecule has 0 amide bonds. The van der Waals surface area contributed by atoms with Crippen molar-refractivity contribution in [3.05, 3.63) is 163 Å². The van der Waals surface area contributed by atoms with E-state index in [-0.39, 0.29) is 0 Å². The van der Waals surface area contributed by atoms with Gasteiger partial charge in [-0.2, -0.15) is 0 Å². The van der Waals surface area contributed by atoms with Gasteiger partial charge in [0.25, 0.3) is 0 Å². The molecule has 32 heavy (non-hydrogen) atoms. The molecule has 0 aliphatic rings. The molecule has 0 nitrogen and oxygen atoms in total. The zero-order valence-electron chi connectivity index (χ0n) is 18.1. The fourth-order valence-corrected chi connectivity index (χ4v) is 5.91. The van der Waals surface area contributed by atoms with E-state index in [0.717, 1.165) is 6.42 Å². The molecule has 0 radical (unpaired) electrons. The Labute approximate surface area is 193 Å². The van der Waals surface area contributed by atoms with Crippen molar-refractivity contribution in [2.45, 2.75) is 6.42 Å². The van der Waals surface area contributed by atoms with Crippen LogP contribution >= 0.6 is 7.92 Å². The maximum absolute atomic E-state index is 2.23. The van der Waals surface area contributed by atoms with Gasteiger partial charge in [0.15, 0.2) is 0 Å². The maximum Gasteiger partial charge on any atom is -0.00258 e. The Morgan fingerprint density at radius 2 is 0.562 bits per heavy atom. The van der Waals surface area contributed by atoms with E-state index in [0.29, 0.717) is 0 Å². The van der Waals surface area contributed by atoms with E-state index >= 15 is 0 Å². The highest BCUT2D eigenvalue weighted by Crippen LogP contribution is 2.32. The summed E-state index contributed by atoms with van der Waals surface area (Å²) in [6, 6.07) is 53.4. The summed E-state index contributed by atoms with van der Waals surface area (Å²) >= 11 is 0. The Hall–Kier alpha value is -3.47. The molecule has 0 aromatic heterocycles. The minimum atomic E-state index is -0.446. The van der Waals surface area contributed by atoms with Gasteiger partial charge in [-0.15, -0.1) is 0 Å². The SMILES string of the molecule is c1ccc(Cc2ccccc2)cc1.c1ccc(P(c2ccccc2)c2ccccc2)cc1. The van der Waals surface area contributed by atoms with E-state index in [4.69, 9.17) is 0 Å². The number of benzene rings is 5. The molecule has 0 fully saturated rings. The Kier molecular flexibility index (Phi) is 8.02. The van der Waals surface area contributed by atoms with Gasteiger partial charge < -0.3 is 0 Å². The van der Waals surface area contributed by atoms with E-state index in [1.165, 1.54) is 27.0 Å². The van der Waals surface area contributed by atoms with Crippen molar-refractivity contribution in [3.8, 4) is 0 Å². The second-order valence-electron chi connectivity index (χ2n) is 7.49. The molecule has 0 aliphatic heterocycles. The number of hydrogen-bond acceptors (Lipinski definition) is 0. The fraction of sp³-hybridized carbons (Fsp3) is 0.0323. The molecule has 5 aromatic rings. The molecule has 0 bridgehead atoms. The average molecular weight is 431 g/mol. The van der Waals surface area contributed by atoms with Gasteiger partial charge in [-0.3, -0.25) is 0 Å². The van der Waals surface area contributed by atoms with Crippen molar-refractivity contribution < 1.29 is 0 Å². The van der Waals surface area contributed by atoms with Crippen molar-refractivity contribution in [1.29, 1.82) is 0 Å². The molecule has 5 aromatic carbocycles. The van der Waals surface area contributed by atoms with Gasteiger partial charge in [0, 0.05) is 0 Å². The van der Waals surface area contributed by atoms with Crippen LogP contribution in [0.1, 0.15) is 11.1 Å². The molecule has 0 aliphatic carbocycles. The first-order valence-corrected chi connectivity index (χ1v) is 12.3. The Morgan fingerprint density at radius 1 is 0.312 bits per heavy atom. The van der Waals surface area contributed by atoms with E-state index in [2.05, 4.69) is 152 Å². The normalized spacial score (nSPS) is 10.3. The third-order valence-electron chi connectivity index (χ3n) is 5.14. The van der Waals surface area contributed by atoms with Crippen LogP contribution in [0.15, 0.2) is 152 Å². The lowest BCUT2D eigenvalue weighted by Crippen LogP contribution is -2.20. The van der Waals surface area contributed by atoms with Crippen molar-refractivity contribution >= 4 is 23.8 Å². The summed E-state index contributed by atoms with van der Waals surface area (Å²) in [6.07, 6.45) is 1.03. The molecular weight excluding hydrogens is 403 g/mol. The van der Waals surface area contributed by atoms with Gasteiger partial charge in [-0.25, -0.2) is 0 Å². The maximum atomic E-state index is 2.23. The fourth-order valence-electron chi connectivity index (χ4n) is 3.61. The zero-order chi connectivity index (χ0) is 21.8. The molecule has 0 heterocycles. The van der Waals surface area contributed by atoms with Crippen LogP contribution in [-0.2, 0) is 6.42 Å². The molecule has 5 rings (SSSR count). The van der Waals surface area contributed by atoms with Gasteiger partial charge in [-0.1, -0.05) is 152 Å². The van der Waals surface area contributed by atoms with E-state index in [1.807, 2.05) is 0 Å². The van der Waals surface area contributed by atoms with Crippen LogP contribution in [0.5, 0.6) is 0 Å². The van der Waals surface area contributed by atoms with Gasteiger partial charge in [0.05, 0.1) is 0 Å². The number of rotatable bonds is 5. The topological polar surface area (TPSA) is 0 Å². The first-order valence-electron chi connectivity index (χ1n) is 10.9. The highest BCUT2D eigenvalue weighted by Gasteiger charge is 2.14. The Morgan fingerprint density at radius 3 is 0.844 bits per heavy atom. The average Bonchev–Trinajstić information content (AvgIpc) is 2.88. The Bertz CT molecular complexity index is 1020. The summed E-state index contributed by atoms with van der Waals surface area (Å²) in [5, 5.41) is 4.19. The van der Waals surface area contributed by atoms with Crippen LogP contribution in [0.2, 0.25) is 0 Å². The second-order valence-corrected chi connectivity index (χ2v) is 9.71. The van der Waals surface area contributed by atoms with Crippen LogP contribution in [0.25, 0.3) is 0 Å². The molecule has 0 saturated heterocycles.